The Morgan fingerprint density at radius 3 is 2.43 bits per heavy atom. The Kier molecular flexibility index (Phi) is 7.13. The summed E-state index contributed by atoms with van der Waals surface area (Å²) in [4.78, 5) is 38.9. The monoisotopic (exact) mass is 518 g/mol. The Balaban J connectivity index is 2.02. The van der Waals surface area contributed by atoms with Crippen LogP contribution in [0.25, 0.3) is 17.5 Å². The van der Waals surface area contributed by atoms with Crippen LogP contribution in [-0.4, -0.2) is 37.8 Å². The Labute approximate surface area is 215 Å². The van der Waals surface area contributed by atoms with Crippen LogP contribution in [0, 0.1) is 11.3 Å². The zero-order chi connectivity index (χ0) is 26.7. The van der Waals surface area contributed by atoms with E-state index in [-0.39, 0.29) is 26.2 Å². The van der Waals surface area contributed by atoms with E-state index in [1.807, 2.05) is 0 Å². The minimum Gasteiger partial charge on any atom is -0.497 e. The van der Waals surface area contributed by atoms with Crippen LogP contribution in [0.4, 0.5) is 5.69 Å². The summed E-state index contributed by atoms with van der Waals surface area (Å²) in [5.74, 6) is -1.22. The Bertz CT molecular complexity index is 1640. The van der Waals surface area contributed by atoms with Crippen LogP contribution in [0.5, 0.6) is 11.5 Å². The first-order valence-electron chi connectivity index (χ1n) is 10.9. The number of methoxy groups -OCH3 is 3. The number of thiazole rings is 1. The summed E-state index contributed by atoms with van der Waals surface area (Å²) in [7, 11) is 4.22. The number of aromatic nitrogens is 1. The van der Waals surface area contributed by atoms with Gasteiger partial charge < -0.3 is 25.3 Å². The van der Waals surface area contributed by atoms with Gasteiger partial charge in [-0.15, -0.1) is 11.3 Å². The highest BCUT2D eigenvalue weighted by Crippen LogP contribution is 2.37. The van der Waals surface area contributed by atoms with Crippen LogP contribution in [0.2, 0.25) is 0 Å². The highest BCUT2D eigenvalue weighted by molar-refractivity contribution is 7.07. The third kappa shape index (κ3) is 4.70. The van der Waals surface area contributed by atoms with Crippen molar-refractivity contribution in [2.75, 3.05) is 26.6 Å². The number of fused-ring (bicyclic) bond motifs is 1. The molecule has 1 atom stereocenters. The number of nitrogens with two attached hydrogens (primary N) is 1. The first-order valence-corrected chi connectivity index (χ1v) is 11.7. The van der Waals surface area contributed by atoms with E-state index in [0.29, 0.717) is 22.7 Å². The molecule has 3 N–H and O–H groups in total. The second-order valence-electron chi connectivity index (χ2n) is 7.80. The number of hydrogen-bond acceptors (Lipinski definition) is 9. The van der Waals surface area contributed by atoms with Crippen LogP contribution < -0.4 is 35.3 Å². The molecule has 0 aliphatic carbocycles. The normalized spacial score (nSPS) is 15.0. The van der Waals surface area contributed by atoms with Crippen molar-refractivity contribution >= 4 is 46.4 Å². The van der Waals surface area contributed by atoms with E-state index in [2.05, 4.69) is 16.1 Å². The molecule has 1 aliphatic rings. The zero-order valence-electron chi connectivity index (χ0n) is 20.1. The number of carbonyl (C=O) groups excluding carboxylic acids is 2. The first-order chi connectivity index (χ1) is 17.8. The van der Waals surface area contributed by atoms with E-state index in [1.165, 1.54) is 21.3 Å². The molecule has 37 heavy (non-hydrogen) atoms. The van der Waals surface area contributed by atoms with Gasteiger partial charge in [-0.3, -0.25) is 14.2 Å². The molecule has 1 aromatic heterocycles. The van der Waals surface area contributed by atoms with Gasteiger partial charge in [-0.05, 0) is 42.0 Å². The van der Waals surface area contributed by atoms with Gasteiger partial charge in [0.1, 0.15) is 26.5 Å². The predicted molar refractivity (Wildman–Crippen MR) is 138 cm³/mol. The van der Waals surface area contributed by atoms with Crippen molar-refractivity contribution in [1.82, 2.24) is 4.57 Å². The standard InChI is InChI=1S/C26H22N4O6S/c1-34-16-9-7-15(8-10-16)29-24(32)22-21(14-5-4-6-17(11-14)35-2)18(13-27)23(28)30-25(33)19(37-26(22)30)12-20(31)36-3/h4-12,21H,28H2,1-3H3,(H,29,32)/b19-12-/t21-/m1/s1. The number of amides is 1. The third-order valence-corrected chi connectivity index (χ3v) is 6.85. The van der Waals surface area contributed by atoms with Gasteiger partial charge in [-0.2, -0.15) is 5.26 Å². The fourth-order valence-electron chi connectivity index (χ4n) is 3.96. The van der Waals surface area contributed by atoms with Crippen LogP contribution in [0.1, 0.15) is 11.5 Å². The molecule has 0 saturated carbocycles. The molecular formula is C26H22N4O6S. The van der Waals surface area contributed by atoms with Gasteiger partial charge in [0.25, 0.3) is 11.5 Å². The van der Waals surface area contributed by atoms with Crippen molar-refractivity contribution in [2.24, 2.45) is 5.73 Å². The van der Waals surface area contributed by atoms with E-state index in [4.69, 9.17) is 15.2 Å². The number of nitriles is 1. The molecular weight excluding hydrogens is 496 g/mol. The fourth-order valence-corrected chi connectivity index (χ4v) is 5.10. The molecule has 0 saturated heterocycles. The van der Waals surface area contributed by atoms with E-state index < -0.39 is 23.4 Å². The molecule has 4 rings (SSSR count). The van der Waals surface area contributed by atoms with Crippen molar-refractivity contribution in [3.05, 3.63) is 79.2 Å². The van der Waals surface area contributed by atoms with E-state index >= 15 is 0 Å². The molecule has 188 valence electrons. The van der Waals surface area contributed by atoms with Crippen molar-refractivity contribution < 1.29 is 23.8 Å². The molecule has 3 aromatic rings. The largest absolute Gasteiger partial charge is 0.497 e. The summed E-state index contributed by atoms with van der Waals surface area (Å²) in [6.45, 7) is 0. The van der Waals surface area contributed by atoms with Gasteiger partial charge in [0.2, 0.25) is 0 Å². The van der Waals surface area contributed by atoms with Crippen LogP contribution in [0.3, 0.4) is 0 Å². The van der Waals surface area contributed by atoms with Gasteiger partial charge in [0.15, 0.2) is 0 Å². The lowest BCUT2D eigenvalue weighted by Gasteiger charge is -2.25. The minimum absolute atomic E-state index is 0.00290. The predicted octanol–water partition coefficient (Wildman–Crippen LogP) is 1.12. The van der Waals surface area contributed by atoms with E-state index in [1.54, 1.807) is 48.5 Å². The lowest BCUT2D eigenvalue weighted by atomic mass is 9.83. The Morgan fingerprint density at radius 1 is 1.11 bits per heavy atom. The SMILES string of the molecule is COC(=O)/C=c1\sc2n(c1=O)C(N)=C(C#N)[C@@H](c1cccc(OC)c1)C=2C(=O)Nc1ccc(OC)cc1. The average molecular weight is 519 g/mol. The maximum absolute atomic E-state index is 13.8. The molecule has 0 unspecified atom stereocenters. The highest BCUT2D eigenvalue weighted by Gasteiger charge is 2.36. The highest BCUT2D eigenvalue weighted by atomic mass is 32.1. The number of anilines is 1. The molecule has 0 bridgehead atoms. The van der Waals surface area contributed by atoms with Crippen molar-refractivity contribution in [1.29, 1.82) is 5.26 Å². The molecule has 2 heterocycles. The zero-order valence-corrected chi connectivity index (χ0v) is 20.9. The average Bonchev–Trinajstić information content (AvgIpc) is 3.24. The maximum atomic E-state index is 13.8. The third-order valence-electron chi connectivity index (χ3n) is 5.74. The molecule has 2 aromatic carbocycles. The fraction of sp³-hybridized carbons (Fsp3) is 0.154. The first kappa shape index (κ1) is 25.3. The number of nitrogens with one attached hydrogen (secondary N) is 1. The topological polar surface area (TPSA) is 146 Å². The molecule has 1 amide bonds. The summed E-state index contributed by atoms with van der Waals surface area (Å²) >= 11 is 0.905. The summed E-state index contributed by atoms with van der Waals surface area (Å²) in [5.41, 5.74) is 6.83. The van der Waals surface area contributed by atoms with Gasteiger partial charge in [0.05, 0.1) is 44.5 Å². The number of esters is 1. The van der Waals surface area contributed by atoms with E-state index in [9.17, 15) is 19.6 Å². The molecule has 0 fully saturated rings. The molecule has 11 heteroatoms. The van der Waals surface area contributed by atoms with E-state index in [0.717, 1.165) is 22.0 Å². The Morgan fingerprint density at radius 2 is 1.81 bits per heavy atom. The number of benzene rings is 2. The lowest BCUT2D eigenvalue weighted by molar-refractivity contribution is -0.133. The molecule has 1 aliphatic heterocycles. The second kappa shape index (κ2) is 10.4. The van der Waals surface area contributed by atoms with Crippen molar-refractivity contribution in [3.63, 3.8) is 0 Å². The van der Waals surface area contributed by atoms with Crippen molar-refractivity contribution in [3.8, 4) is 17.6 Å². The Hall–Kier alpha value is -4.82. The maximum Gasteiger partial charge on any atom is 0.332 e. The molecule has 0 spiro atoms. The van der Waals surface area contributed by atoms with Gasteiger partial charge in [-0.25, -0.2) is 4.79 Å². The summed E-state index contributed by atoms with van der Waals surface area (Å²) in [5, 5.41) is 12.9. The number of carbonyl (C=O) groups is 2. The summed E-state index contributed by atoms with van der Waals surface area (Å²) < 4.78 is 16.4. The minimum atomic E-state index is -0.914. The quantitative estimate of drug-likeness (QED) is 0.462. The molecule has 0 radical (unpaired) electrons. The summed E-state index contributed by atoms with van der Waals surface area (Å²) in [6.07, 6.45) is 1.02. The molecule has 10 nitrogen and oxygen atoms in total. The van der Waals surface area contributed by atoms with Gasteiger partial charge in [0, 0.05) is 11.8 Å². The smallest absolute Gasteiger partial charge is 0.332 e. The lowest BCUT2D eigenvalue weighted by Crippen LogP contribution is -2.40. The number of nitrogens with zero attached hydrogens (tertiary/aromatic N) is 2. The number of hydrogen-bond donors (Lipinski definition) is 2. The van der Waals surface area contributed by atoms with Crippen molar-refractivity contribution in [2.45, 2.75) is 5.92 Å². The van der Waals surface area contributed by atoms with Crippen LogP contribution in [-0.2, 0) is 14.3 Å². The van der Waals surface area contributed by atoms with Crippen LogP contribution >= 0.6 is 11.3 Å². The number of rotatable bonds is 6. The van der Waals surface area contributed by atoms with Crippen LogP contribution in [0.15, 0.2) is 58.9 Å². The summed E-state index contributed by atoms with van der Waals surface area (Å²) in [6, 6.07) is 15.6. The number of ether oxygens (including phenoxy) is 3. The van der Waals surface area contributed by atoms with Gasteiger partial charge in [-0.1, -0.05) is 12.1 Å². The second-order valence-corrected chi connectivity index (χ2v) is 8.83. The number of allylic oxidation sites excluding steroid dienone is 1. The van der Waals surface area contributed by atoms with Gasteiger partial charge >= 0.3 is 5.97 Å².